The molecule has 0 aliphatic rings. The zero-order valence-corrected chi connectivity index (χ0v) is 15.8. The highest BCUT2D eigenvalue weighted by Gasteiger charge is 2.21. The first kappa shape index (κ1) is 19.6. The number of nitrogens with one attached hydrogen (secondary N) is 2. The number of aryl methyl sites for hydroxylation is 2. The first-order chi connectivity index (χ1) is 12.2. The number of carbonyl (C=O) groups excluding carboxylic acids is 2. The summed E-state index contributed by atoms with van der Waals surface area (Å²) in [6, 6.07) is 6.47. The molecule has 0 bridgehead atoms. The second kappa shape index (κ2) is 8.09. The molecule has 0 saturated heterocycles. The van der Waals surface area contributed by atoms with E-state index in [0.717, 1.165) is 10.4 Å². The molecule has 0 saturated carbocycles. The molecule has 0 radical (unpaired) electrons. The lowest BCUT2D eigenvalue weighted by Crippen LogP contribution is -2.45. The van der Waals surface area contributed by atoms with Gasteiger partial charge in [-0.1, -0.05) is 6.07 Å². The van der Waals surface area contributed by atoms with Gasteiger partial charge >= 0.3 is 0 Å². The van der Waals surface area contributed by atoms with Crippen molar-refractivity contribution in [1.82, 2.24) is 10.6 Å². The summed E-state index contributed by atoms with van der Waals surface area (Å²) in [4.78, 5) is 37.1. The van der Waals surface area contributed by atoms with Gasteiger partial charge in [0.05, 0.1) is 11.0 Å². The second-order valence-corrected chi connectivity index (χ2v) is 7.56. The third kappa shape index (κ3) is 4.66. The van der Waals surface area contributed by atoms with Crippen LogP contribution in [0, 0.1) is 24.0 Å². The van der Waals surface area contributed by atoms with Crippen LogP contribution in [0.3, 0.4) is 0 Å². The zero-order valence-electron chi connectivity index (χ0n) is 15.0. The maximum Gasteiger partial charge on any atom is 0.270 e. The Bertz CT molecular complexity index is 847. The quantitative estimate of drug-likeness (QED) is 0.597. The fraction of sp³-hybridized carbons (Fsp3) is 0.333. The first-order valence-electron chi connectivity index (χ1n) is 8.11. The first-order valence-corrected chi connectivity index (χ1v) is 8.93. The summed E-state index contributed by atoms with van der Waals surface area (Å²) in [6.07, 6.45) is 0. The second-order valence-electron chi connectivity index (χ2n) is 6.10. The van der Waals surface area contributed by atoms with E-state index in [1.165, 1.54) is 29.1 Å². The number of rotatable bonds is 6. The number of non-ortho nitro benzene ring substituents is 1. The molecule has 0 unspecified atom stereocenters. The minimum atomic E-state index is -0.774. The van der Waals surface area contributed by atoms with Gasteiger partial charge in [0.15, 0.2) is 0 Å². The van der Waals surface area contributed by atoms with E-state index in [4.69, 9.17) is 0 Å². The van der Waals surface area contributed by atoms with Gasteiger partial charge in [-0.25, -0.2) is 0 Å². The third-order valence-corrected chi connectivity index (χ3v) is 4.95. The molecule has 0 aliphatic carbocycles. The van der Waals surface area contributed by atoms with Gasteiger partial charge in [0.2, 0.25) is 5.91 Å². The molecule has 138 valence electrons. The molecule has 7 nitrogen and oxygen atoms in total. The molecule has 2 N–H and O–H groups in total. The Labute approximate surface area is 155 Å². The highest BCUT2D eigenvalue weighted by atomic mass is 32.1. The number of nitro groups is 1. The number of hydrogen-bond donors (Lipinski definition) is 2. The van der Waals surface area contributed by atoms with Gasteiger partial charge < -0.3 is 10.6 Å². The van der Waals surface area contributed by atoms with E-state index < -0.39 is 16.9 Å². The summed E-state index contributed by atoms with van der Waals surface area (Å²) in [6.45, 7) is 7.48. The molecule has 2 rings (SSSR count). The van der Waals surface area contributed by atoms with Crippen molar-refractivity contribution in [2.24, 2.45) is 0 Å². The minimum Gasteiger partial charge on any atom is -0.348 e. The number of thiophene rings is 1. The summed E-state index contributed by atoms with van der Waals surface area (Å²) in [5.41, 5.74) is 1.01. The number of hydrogen-bond acceptors (Lipinski definition) is 5. The van der Waals surface area contributed by atoms with Crippen molar-refractivity contribution in [3.8, 4) is 0 Å². The van der Waals surface area contributed by atoms with Gasteiger partial charge in [0.1, 0.15) is 6.04 Å². The zero-order chi connectivity index (χ0) is 19.4. The lowest BCUT2D eigenvalue weighted by atomic mass is 10.1. The molecule has 2 atom stereocenters. The van der Waals surface area contributed by atoms with Crippen molar-refractivity contribution in [3.05, 3.63) is 61.3 Å². The Morgan fingerprint density at radius 1 is 1.15 bits per heavy atom. The molecule has 0 fully saturated rings. The monoisotopic (exact) mass is 375 g/mol. The Kier molecular flexibility index (Phi) is 6.10. The highest BCUT2D eigenvalue weighted by molar-refractivity contribution is 7.12. The Morgan fingerprint density at radius 3 is 2.42 bits per heavy atom. The molecular formula is C18H21N3O4S. The number of carbonyl (C=O) groups is 2. The van der Waals surface area contributed by atoms with Crippen molar-refractivity contribution >= 4 is 28.8 Å². The van der Waals surface area contributed by atoms with Crippen LogP contribution in [0.1, 0.15) is 45.6 Å². The fourth-order valence-electron chi connectivity index (χ4n) is 2.60. The lowest BCUT2D eigenvalue weighted by molar-refractivity contribution is -0.384. The standard InChI is InChI=1S/C18H21N3O4S/c1-10-8-16(13(4)26-10)11(2)19-17(22)12(3)20-18(23)14-6-5-7-15(9-14)21(24)25/h5-9,11-12H,1-4H3,(H,19,22)(H,20,23)/t11-,12-/m0/s1. The van der Waals surface area contributed by atoms with E-state index in [0.29, 0.717) is 0 Å². The van der Waals surface area contributed by atoms with Gasteiger partial charge in [0, 0.05) is 27.5 Å². The van der Waals surface area contributed by atoms with Crippen molar-refractivity contribution in [1.29, 1.82) is 0 Å². The summed E-state index contributed by atoms with van der Waals surface area (Å²) >= 11 is 1.67. The van der Waals surface area contributed by atoms with Gasteiger partial charge in [0.25, 0.3) is 11.6 Å². The van der Waals surface area contributed by atoms with Crippen molar-refractivity contribution in [2.75, 3.05) is 0 Å². The minimum absolute atomic E-state index is 0.135. The van der Waals surface area contributed by atoms with E-state index in [9.17, 15) is 19.7 Å². The SMILES string of the molecule is Cc1cc([C@H](C)NC(=O)[C@H](C)NC(=O)c2cccc([N+](=O)[O-])c2)c(C)s1. The van der Waals surface area contributed by atoms with Gasteiger partial charge in [-0.05, 0) is 45.4 Å². The summed E-state index contributed by atoms with van der Waals surface area (Å²) in [7, 11) is 0. The average Bonchev–Trinajstić information content (AvgIpc) is 2.93. The average molecular weight is 375 g/mol. The van der Waals surface area contributed by atoms with Crippen LogP contribution in [0.15, 0.2) is 30.3 Å². The molecule has 2 aromatic rings. The predicted molar refractivity (Wildman–Crippen MR) is 100 cm³/mol. The molecule has 0 aliphatic heterocycles. The topological polar surface area (TPSA) is 101 Å². The van der Waals surface area contributed by atoms with E-state index in [1.54, 1.807) is 18.3 Å². The largest absolute Gasteiger partial charge is 0.348 e. The van der Waals surface area contributed by atoms with E-state index in [-0.39, 0.29) is 23.2 Å². The molecule has 2 amide bonds. The molecule has 26 heavy (non-hydrogen) atoms. The van der Waals surface area contributed by atoms with E-state index in [2.05, 4.69) is 10.6 Å². The number of benzene rings is 1. The molecule has 0 spiro atoms. The lowest BCUT2D eigenvalue weighted by Gasteiger charge is -2.18. The normalized spacial score (nSPS) is 12.9. The molecule has 8 heteroatoms. The van der Waals surface area contributed by atoms with Crippen LogP contribution in [-0.2, 0) is 4.79 Å². The molecule has 1 aromatic heterocycles. The molecule has 1 aromatic carbocycles. The Hall–Kier alpha value is -2.74. The van der Waals surface area contributed by atoms with Crippen molar-refractivity contribution < 1.29 is 14.5 Å². The maximum absolute atomic E-state index is 12.4. The van der Waals surface area contributed by atoms with Crippen molar-refractivity contribution in [2.45, 2.75) is 39.8 Å². The number of amides is 2. The van der Waals surface area contributed by atoms with Crippen LogP contribution in [-0.4, -0.2) is 22.8 Å². The number of nitrogens with zero attached hydrogens (tertiary/aromatic N) is 1. The van der Waals surface area contributed by atoms with Gasteiger partial charge in [-0.3, -0.25) is 19.7 Å². The molecule has 1 heterocycles. The summed E-state index contributed by atoms with van der Waals surface area (Å²) < 4.78 is 0. The van der Waals surface area contributed by atoms with Crippen LogP contribution in [0.25, 0.3) is 0 Å². The summed E-state index contributed by atoms with van der Waals surface area (Å²) in [5, 5.41) is 16.3. The van der Waals surface area contributed by atoms with E-state index in [1.807, 2.05) is 26.8 Å². The maximum atomic E-state index is 12.4. The van der Waals surface area contributed by atoms with E-state index >= 15 is 0 Å². The van der Waals surface area contributed by atoms with Gasteiger partial charge in [-0.15, -0.1) is 11.3 Å². The Balaban J connectivity index is 2.00. The fourth-order valence-corrected chi connectivity index (χ4v) is 3.63. The van der Waals surface area contributed by atoms with Crippen LogP contribution in [0.4, 0.5) is 5.69 Å². The summed E-state index contributed by atoms with van der Waals surface area (Å²) in [5.74, 6) is -0.855. The van der Waals surface area contributed by atoms with Crippen LogP contribution in [0.5, 0.6) is 0 Å². The smallest absolute Gasteiger partial charge is 0.270 e. The molecular weight excluding hydrogens is 354 g/mol. The number of nitro benzene ring substituents is 1. The predicted octanol–water partition coefficient (Wildman–Crippen LogP) is 3.27. The van der Waals surface area contributed by atoms with Crippen LogP contribution < -0.4 is 10.6 Å². The van der Waals surface area contributed by atoms with Crippen molar-refractivity contribution in [3.63, 3.8) is 0 Å². The van der Waals surface area contributed by atoms with Crippen LogP contribution in [0.2, 0.25) is 0 Å². The third-order valence-electron chi connectivity index (χ3n) is 3.96. The Morgan fingerprint density at radius 2 is 1.85 bits per heavy atom. The van der Waals surface area contributed by atoms with Gasteiger partial charge in [-0.2, -0.15) is 0 Å². The van der Waals surface area contributed by atoms with Crippen LogP contribution >= 0.6 is 11.3 Å². The highest BCUT2D eigenvalue weighted by Crippen LogP contribution is 2.26.